The van der Waals surface area contributed by atoms with Gasteiger partial charge in [0.05, 0.1) is 13.2 Å². The van der Waals surface area contributed by atoms with Gasteiger partial charge in [-0.3, -0.25) is 4.79 Å². The van der Waals surface area contributed by atoms with Gasteiger partial charge in [-0.1, -0.05) is 31.6 Å². The number of hydrogen-bond donors (Lipinski definition) is 3. The van der Waals surface area contributed by atoms with Crippen LogP contribution in [0.5, 0.6) is 11.5 Å². The van der Waals surface area contributed by atoms with Gasteiger partial charge in [0.1, 0.15) is 18.1 Å². The number of aliphatic hydroxyl groups excluding tert-OH is 2. The molecule has 6 unspecified atom stereocenters. The van der Waals surface area contributed by atoms with Crippen molar-refractivity contribution in [3.8, 4) is 11.5 Å². The van der Waals surface area contributed by atoms with E-state index in [0.717, 1.165) is 42.4 Å². The number of rotatable bonds is 7. The van der Waals surface area contributed by atoms with Crippen LogP contribution in [0.4, 0.5) is 0 Å². The molecule has 2 aliphatic rings. The second kappa shape index (κ2) is 11.3. The second-order valence-electron chi connectivity index (χ2n) is 10.7. The lowest BCUT2D eigenvalue weighted by Crippen LogP contribution is -2.57. The molecule has 1 fully saturated rings. The van der Waals surface area contributed by atoms with Crippen LogP contribution in [-0.2, 0) is 14.3 Å². The van der Waals surface area contributed by atoms with Crippen molar-refractivity contribution in [2.45, 2.75) is 104 Å². The number of fused-ring (bicyclic) bond motifs is 1. The first-order valence-corrected chi connectivity index (χ1v) is 12.7. The van der Waals surface area contributed by atoms with Crippen molar-refractivity contribution in [2.75, 3.05) is 7.11 Å². The third-order valence-corrected chi connectivity index (χ3v) is 7.72. The molecule has 3 N–H and O–H groups in total. The Bertz CT molecular complexity index is 936. The highest BCUT2D eigenvalue weighted by molar-refractivity contribution is 5.74. The summed E-state index contributed by atoms with van der Waals surface area (Å²) in [6.07, 6.45) is 1.78. The molecule has 1 aromatic rings. The van der Waals surface area contributed by atoms with E-state index in [-0.39, 0.29) is 17.4 Å². The summed E-state index contributed by atoms with van der Waals surface area (Å²) in [5, 5.41) is 32.2. The maximum atomic E-state index is 12.4. The lowest BCUT2D eigenvalue weighted by molar-refractivity contribution is -0.251. The number of aliphatic hydroxyl groups is 2. The molecule has 0 amide bonds. The van der Waals surface area contributed by atoms with Crippen LogP contribution in [0.25, 0.3) is 0 Å². The molecule has 0 radical (unpaired) electrons. The van der Waals surface area contributed by atoms with Gasteiger partial charge >= 0.3 is 5.97 Å². The number of ether oxygens (including phenoxy) is 3. The number of allylic oxidation sites excluding steroid dienone is 2. The van der Waals surface area contributed by atoms with E-state index in [9.17, 15) is 20.1 Å². The van der Waals surface area contributed by atoms with E-state index >= 15 is 0 Å². The average molecular weight is 491 g/mol. The van der Waals surface area contributed by atoms with E-state index in [4.69, 9.17) is 14.2 Å². The average Bonchev–Trinajstić information content (AvgIpc) is 2.79. The number of carbonyl (C=O) groups excluding carboxylic acids is 1. The highest BCUT2D eigenvalue weighted by atomic mass is 16.7. The number of esters is 1. The molecule has 0 bridgehead atoms. The molecule has 196 valence electrons. The Morgan fingerprint density at radius 1 is 1.23 bits per heavy atom. The molecule has 1 aromatic carbocycles. The summed E-state index contributed by atoms with van der Waals surface area (Å²) in [7, 11) is 1.21. The standard InChI is InChI=1S/C28H42O7/c1-14(2)9-8-10-15(3)19-12-11-16(4)21-20(19)13-17(5)26(25(21)31)35-28-22(27(32)33-7)24(30)23(29)18(6)34-28/h9,13,15-16,18-19,22-24,28-31H,8,10-12H2,1-7H3/t15-,16+,18?,19?,22?,23?,24?,28?/m1/s1. The van der Waals surface area contributed by atoms with Gasteiger partial charge in [0.15, 0.2) is 11.5 Å². The Kier molecular flexibility index (Phi) is 8.89. The largest absolute Gasteiger partial charge is 0.504 e. The highest BCUT2D eigenvalue weighted by Crippen LogP contribution is 2.51. The first-order valence-electron chi connectivity index (χ1n) is 12.7. The first kappa shape index (κ1) is 27.5. The minimum atomic E-state index is -1.42. The van der Waals surface area contributed by atoms with Gasteiger partial charge in [0.2, 0.25) is 6.29 Å². The smallest absolute Gasteiger partial charge is 0.317 e. The Hall–Kier alpha value is -2.09. The normalized spacial score (nSPS) is 31.3. The van der Waals surface area contributed by atoms with Crippen molar-refractivity contribution < 1.29 is 34.3 Å². The SMILES string of the molecule is COC(=O)C1C(Oc2c(C)cc3c(c2O)[C@@H](C)CCC3[C@H](C)CCC=C(C)C)OC(C)C(O)C1O. The summed E-state index contributed by atoms with van der Waals surface area (Å²) in [5.41, 5.74) is 4.10. The molecule has 8 atom stereocenters. The summed E-state index contributed by atoms with van der Waals surface area (Å²) >= 11 is 0. The number of aryl methyl sites for hydroxylation is 1. The van der Waals surface area contributed by atoms with E-state index in [0.29, 0.717) is 11.8 Å². The van der Waals surface area contributed by atoms with Crippen LogP contribution >= 0.6 is 0 Å². The fourth-order valence-electron chi connectivity index (χ4n) is 5.58. The molecule has 1 heterocycles. The lowest BCUT2D eigenvalue weighted by atomic mass is 9.70. The monoisotopic (exact) mass is 490 g/mol. The van der Waals surface area contributed by atoms with Gasteiger partial charge < -0.3 is 29.5 Å². The minimum Gasteiger partial charge on any atom is -0.504 e. The number of benzene rings is 1. The van der Waals surface area contributed by atoms with E-state index in [1.54, 1.807) is 6.92 Å². The predicted octanol–water partition coefficient (Wildman–Crippen LogP) is 4.70. The maximum Gasteiger partial charge on any atom is 0.317 e. The van der Waals surface area contributed by atoms with Gasteiger partial charge in [-0.25, -0.2) is 0 Å². The van der Waals surface area contributed by atoms with E-state index in [2.05, 4.69) is 39.8 Å². The molecule has 35 heavy (non-hydrogen) atoms. The van der Waals surface area contributed by atoms with Crippen molar-refractivity contribution in [1.29, 1.82) is 0 Å². The van der Waals surface area contributed by atoms with Gasteiger partial charge in [-0.2, -0.15) is 0 Å². The Labute approximate surface area is 209 Å². The van der Waals surface area contributed by atoms with Gasteiger partial charge in [0.25, 0.3) is 0 Å². The summed E-state index contributed by atoms with van der Waals surface area (Å²) < 4.78 is 16.7. The Morgan fingerprint density at radius 2 is 1.91 bits per heavy atom. The molecule has 7 heteroatoms. The van der Waals surface area contributed by atoms with Crippen LogP contribution in [0, 0.1) is 18.8 Å². The molecule has 3 rings (SSSR count). The third-order valence-electron chi connectivity index (χ3n) is 7.72. The van der Waals surface area contributed by atoms with Gasteiger partial charge in [0, 0.05) is 5.56 Å². The van der Waals surface area contributed by atoms with Crippen molar-refractivity contribution in [3.63, 3.8) is 0 Å². The third kappa shape index (κ3) is 5.68. The summed E-state index contributed by atoms with van der Waals surface area (Å²) in [5.74, 6) is -0.730. The van der Waals surface area contributed by atoms with Crippen molar-refractivity contribution in [1.82, 2.24) is 0 Å². The van der Waals surface area contributed by atoms with E-state index in [1.165, 1.54) is 12.7 Å². The van der Waals surface area contributed by atoms with Gasteiger partial charge in [-0.05, 0) is 82.3 Å². The van der Waals surface area contributed by atoms with Crippen LogP contribution in [-0.4, -0.2) is 53.0 Å². The number of carbonyl (C=O) groups is 1. The Morgan fingerprint density at radius 3 is 2.54 bits per heavy atom. The van der Waals surface area contributed by atoms with Crippen LogP contribution in [0.1, 0.15) is 88.8 Å². The number of hydrogen-bond acceptors (Lipinski definition) is 7. The predicted molar refractivity (Wildman–Crippen MR) is 134 cm³/mol. The van der Waals surface area contributed by atoms with Crippen molar-refractivity contribution in [3.05, 3.63) is 34.4 Å². The van der Waals surface area contributed by atoms with Gasteiger partial charge in [-0.15, -0.1) is 0 Å². The number of phenols is 1. The number of phenolic OH excluding ortho intramolecular Hbond substituents is 1. The highest BCUT2D eigenvalue weighted by Gasteiger charge is 2.49. The maximum absolute atomic E-state index is 12.4. The molecule has 1 saturated heterocycles. The van der Waals surface area contributed by atoms with Crippen molar-refractivity contribution in [2.24, 2.45) is 11.8 Å². The zero-order chi connectivity index (χ0) is 26.0. The molecule has 0 spiro atoms. The van der Waals surface area contributed by atoms with Crippen LogP contribution in [0.3, 0.4) is 0 Å². The summed E-state index contributed by atoms with van der Waals surface area (Å²) in [6.45, 7) is 12.1. The Balaban J connectivity index is 1.94. The molecule has 7 nitrogen and oxygen atoms in total. The molecular weight excluding hydrogens is 448 g/mol. The summed E-state index contributed by atoms with van der Waals surface area (Å²) in [4.78, 5) is 12.4. The topological polar surface area (TPSA) is 105 Å². The van der Waals surface area contributed by atoms with Crippen LogP contribution in [0.15, 0.2) is 17.7 Å². The zero-order valence-electron chi connectivity index (χ0n) is 22.1. The van der Waals surface area contributed by atoms with Crippen LogP contribution < -0.4 is 4.74 Å². The van der Waals surface area contributed by atoms with E-state index in [1.807, 2.05) is 6.92 Å². The molecule has 1 aliphatic heterocycles. The molecule has 1 aliphatic carbocycles. The first-order chi connectivity index (χ1) is 16.5. The van der Waals surface area contributed by atoms with Crippen molar-refractivity contribution >= 4 is 5.97 Å². The number of methoxy groups -OCH3 is 1. The fourth-order valence-corrected chi connectivity index (χ4v) is 5.58. The fraction of sp³-hybridized carbons (Fsp3) is 0.679. The molecule has 0 saturated carbocycles. The van der Waals surface area contributed by atoms with E-state index < -0.39 is 36.5 Å². The lowest BCUT2D eigenvalue weighted by Gasteiger charge is -2.40. The second-order valence-corrected chi connectivity index (χ2v) is 10.7. The quantitative estimate of drug-likeness (QED) is 0.376. The molecular formula is C28H42O7. The summed E-state index contributed by atoms with van der Waals surface area (Å²) in [6, 6.07) is 2.09. The molecule has 0 aromatic heterocycles. The van der Waals surface area contributed by atoms with Crippen LogP contribution in [0.2, 0.25) is 0 Å². The minimum absolute atomic E-state index is 0.0641. The number of aromatic hydroxyl groups is 1. The zero-order valence-corrected chi connectivity index (χ0v) is 22.1.